The fraction of sp³-hybridized carbons (Fsp3) is 0.143. The minimum atomic E-state index is -0.644. The number of hydrogen-bond acceptors (Lipinski definition) is 4. The summed E-state index contributed by atoms with van der Waals surface area (Å²) in [5.74, 6) is 0.0313. The van der Waals surface area contributed by atoms with Crippen LogP contribution < -0.4 is 9.47 Å². The van der Waals surface area contributed by atoms with Gasteiger partial charge in [0.05, 0.1) is 5.41 Å². The lowest BCUT2D eigenvalue weighted by molar-refractivity contribution is -0.130. The van der Waals surface area contributed by atoms with Gasteiger partial charge in [0, 0.05) is 11.1 Å². The molecule has 39 heavy (non-hydrogen) atoms. The molecule has 0 unspecified atom stereocenters. The Kier molecular flexibility index (Phi) is 6.57. The van der Waals surface area contributed by atoms with Crippen molar-refractivity contribution in [3.63, 3.8) is 0 Å². The number of fused-ring (bicyclic) bond motifs is 3. The molecule has 0 amide bonds. The van der Waals surface area contributed by atoms with Gasteiger partial charge in [0.25, 0.3) is 0 Å². The normalized spacial score (nSPS) is 12.7. The molecule has 194 valence electrons. The second kappa shape index (κ2) is 9.88. The minimum absolute atomic E-state index is 0.343. The van der Waals surface area contributed by atoms with Crippen LogP contribution in [0.1, 0.15) is 47.2 Å². The summed E-state index contributed by atoms with van der Waals surface area (Å²) in [6, 6.07) is 28.5. The zero-order valence-electron chi connectivity index (χ0n) is 22.6. The Bertz CT molecular complexity index is 1550. The zero-order valence-corrected chi connectivity index (χ0v) is 22.6. The third-order valence-electron chi connectivity index (χ3n) is 7.27. The highest BCUT2D eigenvalue weighted by Crippen LogP contribution is 2.57. The van der Waals surface area contributed by atoms with Crippen LogP contribution in [-0.4, -0.2) is 11.9 Å². The first-order chi connectivity index (χ1) is 18.6. The number of carbonyl (C=O) groups excluding carboxylic acids is 2. The molecule has 0 fully saturated rings. The van der Waals surface area contributed by atoms with Gasteiger partial charge in [-0.2, -0.15) is 0 Å². The second-order valence-corrected chi connectivity index (χ2v) is 10.1. The molecule has 1 aliphatic rings. The van der Waals surface area contributed by atoms with E-state index in [1.54, 1.807) is 13.8 Å². The van der Waals surface area contributed by atoms with Gasteiger partial charge in [-0.1, -0.05) is 73.8 Å². The number of rotatable bonds is 6. The third-order valence-corrected chi connectivity index (χ3v) is 7.27. The van der Waals surface area contributed by atoms with Crippen LogP contribution >= 0.6 is 0 Å². The van der Waals surface area contributed by atoms with Gasteiger partial charge in [0.2, 0.25) is 0 Å². The lowest BCUT2D eigenvalue weighted by Gasteiger charge is -2.36. The van der Waals surface area contributed by atoms with E-state index in [2.05, 4.69) is 61.7 Å². The topological polar surface area (TPSA) is 52.6 Å². The van der Waals surface area contributed by atoms with Crippen LogP contribution in [0.5, 0.6) is 11.5 Å². The molecule has 0 saturated heterocycles. The SMILES string of the molecule is C=C(C)C(=O)Oc1ccc(C2(c3ccc(OC(=O)C(=C)C)cc3C)c3ccccc3-c3ccccc32)c(C)c1. The minimum Gasteiger partial charge on any atom is -0.423 e. The fourth-order valence-electron chi connectivity index (χ4n) is 5.59. The average molecular weight is 515 g/mol. The summed E-state index contributed by atoms with van der Waals surface area (Å²) in [4.78, 5) is 24.4. The highest BCUT2D eigenvalue weighted by Gasteiger charge is 2.47. The van der Waals surface area contributed by atoms with Crippen LogP contribution in [0, 0.1) is 13.8 Å². The molecule has 0 heterocycles. The highest BCUT2D eigenvalue weighted by atomic mass is 16.5. The Morgan fingerprint density at radius 2 is 0.974 bits per heavy atom. The Labute approximate surface area is 229 Å². The van der Waals surface area contributed by atoms with E-state index >= 15 is 0 Å². The summed E-state index contributed by atoms with van der Waals surface area (Å²) < 4.78 is 11.1. The van der Waals surface area contributed by atoms with Crippen molar-refractivity contribution in [3.8, 4) is 22.6 Å². The van der Waals surface area contributed by atoms with E-state index in [-0.39, 0.29) is 0 Å². The molecule has 5 rings (SSSR count). The first kappa shape index (κ1) is 25.9. The van der Waals surface area contributed by atoms with Crippen molar-refractivity contribution in [1.82, 2.24) is 0 Å². The summed E-state index contributed by atoms with van der Waals surface area (Å²) in [7, 11) is 0. The number of hydrogen-bond donors (Lipinski definition) is 0. The Hall–Kier alpha value is -4.70. The van der Waals surface area contributed by atoms with Crippen LogP contribution in [0.15, 0.2) is 109 Å². The van der Waals surface area contributed by atoms with E-state index in [1.165, 1.54) is 11.1 Å². The quantitative estimate of drug-likeness (QED) is 0.133. The van der Waals surface area contributed by atoms with E-state index in [9.17, 15) is 9.59 Å². The third kappa shape index (κ3) is 4.28. The Morgan fingerprint density at radius 1 is 0.590 bits per heavy atom. The molecular weight excluding hydrogens is 484 g/mol. The van der Waals surface area contributed by atoms with Gasteiger partial charge in [0.15, 0.2) is 0 Å². The molecule has 4 aromatic rings. The lowest BCUT2D eigenvalue weighted by atomic mass is 9.65. The van der Waals surface area contributed by atoms with E-state index in [0.29, 0.717) is 22.6 Å². The summed E-state index contributed by atoms with van der Waals surface area (Å²) in [6.45, 7) is 14.7. The van der Waals surface area contributed by atoms with Crippen molar-refractivity contribution in [2.24, 2.45) is 0 Å². The van der Waals surface area contributed by atoms with E-state index in [1.807, 2.05) is 50.2 Å². The number of ether oxygens (including phenoxy) is 2. The van der Waals surface area contributed by atoms with Gasteiger partial charge in [-0.05, 0) is 96.5 Å². The van der Waals surface area contributed by atoms with Crippen molar-refractivity contribution in [3.05, 3.63) is 143 Å². The van der Waals surface area contributed by atoms with Gasteiger partial charge in [-0.3, -0.25) is 0 Å². The van der Waals surface area contributed by atoms with E-state index in [0.717, 1.165) is 33.4 Å². The molecule has 4 heteroatoms. The number of carbonyl (C=O) groups is 2. The first-order valence-electron chi connectivity index (χ1n) is 12.8. The van der Waals surface area contributed by atoms with Crippen molar-refractivity contribution >= 4 is 11.9 Å². The van der Waals surface area contributed by atoms with Gasteiger partial charge in [-0.15, -0.1) is 0 Å². The second-order valence-electron chi connectivity index (χ2n) is 10.1. The Balaban J connectivity index is 1.77. The predicted molar refractivity (Wildman–Crippen MR) is 154 cm³/mol. The molecule has 0 atom stereocenters. The smallest absolute Gasteiger partial charge is 0.338 e. The first-order valence-corrected chi connectivity index (χ1v) is 12.8. The maximum atomic E-state index is 12.2. The molecule has 0 aromatic heterocycles. The van der Waals surface area contributed by atoms with Crippen molar-refractivity contribution in [1.29, 1.82) is 0 Å². The molecule has 0 saturated carbocycles. The molecule has 0 bridgehead atoms. The van der Waals surface area contributed by atoms with Gasteiger partial charge >= 0.3 is 11.9 Å². The van der Waals surface area contributed by atoms with Crippen LogP contribution in [0.3, 0.4) is 0 Å². The summed E-state index contributed by atoms with van der Waals surface area (Å²) in [5, 5.41) is 0. The largest absolute Gasteiger partial charge is 0.423 e. The molecule has 1 aliphatic carbocycles. The number of benzene rings is 4. The van der Waals surface area contributed by atoms with Crippen LogP contribution in [-0.2, 0) is 15.0 Å². The molecular formula is C35H30O4. The molecule has 4 aromatic carbocycles. The molecule has 0 radical (unpaired) electrons. The summed E-state index contributed by atoms with van der Waals surface area (Å²) >= 11 is 0. The maximum Gasteiger partial charge on any atom is 0.338 e. The summed E-state index contributed by atoms with van der Waals surface area (Å²) in [5.41, 5.74) is 8.81. The standard InChI is InChI=1S/C35H30O4/c1-21(2)33(36)38-25-15-17-29(23(5)19-25)35(30-18-16-26(20-24(30)6)39-34(37)22(3)4)31-13-9-7-11-27(31)28-12-8-10-14-32(28)35/h7-20H,1,3H2,2,4-6H3. The molecule has 0 aliphatic heterocycles. The Morgan fingerprint density at radius 3 is 1.33 bits per heavy atom. The average Bonchev–Trinajstić information content (AvgIpc) is 3.20. The monoisotopic (exact) mass is 514 g/mol. The molecule has 4 nitrogen and oxygen atoms in total. The number of esters is 2. The summed E-state index contributed by atoms with van der Waals surface area (Å²) in [6.07, 6.45) is 0. The predicted octanol–water partition coefficient (Wildman–Crippen LogP) is 7.63. The van der Waals surface area contributed by atoms with E-state index in [4.69, 9.17) is 9.47 Å². The van der Waals surface area contributed by atoms with Crippen LogP contribution in [0.25, 0.3) is 11.1 Å². The van der Waals surface area contributed by atoms with Crippen molar-refractivity contribution in [2.75, 3.05) is 0 Å². The fourth-order valence-corrected chi connectivity index (χ4v) is 5.59. The van der Waals surface area contributed by atoms with Gasteiger partial charge < -0.3 is 9.47 Å². The van der Waals surface area contributed by atoms with Crippen molar-refractivity contribution in [2.45, 2.75) is 33.1 Å². The maximum absolute atomic E-state index is 12.2. The number of aryl methyl sites for hydroxylation is 2. The molecule has 0 spiro atoms. The zero-order chi connectivity index (χ0) is 27.9. The van der Waals surface area contributed by atoms with Gasteiger partial charge in [-0.25, -0.2) is 9.59 Å². The van der Waals surface area contributed by atoms with E-state index < -0.39 is 17.4 Å². The van der Waals surface area contributed by atoms with Crippen LogP contribution in [0.4, 0.5) is 0 Å². The highest BCUT2D eigenvalue weighted by molar-refractivity contribution is 5.90. The van der Waals surface area contributed by atoms with Crippen LogP contribution in [0.2, 0.25) is 0 Å². The molecule has 0 N–H and O–H groups in total. The lowest BCUT2D eigenvalue weighted by Crippen LogP contribution is -2.30. The van der Waals surface area contributed by atoms with Crippen molar-refractivity contribution < 1.29 is 19.1 Å². The van der Waals surface area contributed by atoms with Gasteiger partial charge in [0.1, 0.15) is 11.5 Å².